The fourth-order valence-electron chi connectivity index (χ4n) is 3.41. The van der Waals surface area contributed by atoms with Crippen LogP contribution in [-0.4, -0.2) is 47.5 Å². The number of rotatable bonds is 6. The normalized spacial score (nSPS) is 19.1. The van der Waals surface area contributed by atoms with Crippen LogP contribution in [0.1, 0.15) is 24.0 Å². The van der Waals surface area contributed by atoms with Crippen molar-refractivity contribution in [1.29, 1.82) is 0 Å². The number of nitrogens with zero attached hydrogens (tertiary/aromatic N) is 3. The Labute approximate surface area is 140 Å². The summed E-state index contributed by atoms with van der Waals surface area (Å²) in [5, 5.41) is 0. The second kappa shape index (κ2) is 8.23. The molecular weight excluding hydrogens is 282 g/mol. The predicted octanol–water partition coefficient (Wildman–Crippen LogP) is 3.22. The zero-order valence-corrected chi connectivity index (χ0v) is 14.1. The Morgan fingerprint density at radius 1 is 1.09 bits per heavy atom. The molecule has 1 atom stereocenters. The zero-order valence-electron chi connectivity index (χ0n) is 14.1. The van der Waals surface area contributed by atoms with Gasteiger partial charge >= 0.3 is 0 Å². The van der Waals surface area contributed by atoms with Crippen LogP contribution in [0.25, 0.3) is 0 Å². The summed E-state index contributed by atoms with van der Waals surface area (Å²) >= 11 is 0. The maximum atomic E-state index is 4.11. The van der Waals surface area contributed by atoms with Gasteiger partial charge in [-0.2, -0.15) is 0 Å². The first-order valence-corrected chi connectivity index (χ1v) is 8.67. The Kier molecular flexibility index (Phi) is 5.78. The van der Waals surface area contributed by atoms with E-state index < -0.39 is 0 Å². The van der Waals surface area contributed by atoms with Crippen LogP contribution in [-0.2, 0) is 13.0 Å². The van der Waals surface area contributed by atoms with Crippen LogP contribution in [0.5, 0.6) is 0 Å². The molecule has 3 nitrogen and oxygen atoms in total. The lowest BCUT2D eigenvalue weighted by molar-refractivity contribution is 0.112. The van der Waals surface area contributed by atoms with Crippen molar-refractivity contribution in [3.63, 3.8) is 0 Å². The molecule has 23 heavy (non-hydrogen) atoms. The molecule has 0 spiro atoms. The van der Waals surface area contributed by atoms with Crippen molar-refractivity contribution in [3.05, 3.63) is 66.0 Å². The molecule has 1 unspecified atom stereocenters. The number of likely N-dealkylation sites (tertiary alicyclic amines) is 1. The second-order valence-electron chi connectivity index (χ2n) is 6.60. The highest BCUT2D eigenvalue weighted by atomic mass is 15.2. The van der Waals surface area contributed by atoms with Crippen LogP contribution < -0.4 is 0 Å². The molecule has 1 saturated heterocycles. The molecule has 122 valence electrons. The van der Waals surface area contributed by atoms with Crippen LogP contribution in [0.15, 0.2) is 54.9 Å². The van der Waals surface area contributed by atoms with E-state index in [9.17, 15) is 0 Å². The number of piperidine rings is 1. The highest BCUT2D eigenvalue weighted by Gasteiger charge is 2.22. The summed E-state index contributed by atoms with van der Waals surface area (Å²) in [5.74, 6) is 0. The molecule has 0 N–H and O–H groups in total. The average Bonchev–Trinajstić information content (AvgIpc) is 2.62. The maximum Gasteiger partial charge on any atom is 0.0271 e. The minimum Gasteiger partial charge on any atom is -0.302 e. The fraction of sp³-hybridized carbons (Fsp3) is 0.450. The molecule has 1 aromatic carbocycles. The zero-order chi connectivity index (χ0) is 15.9. The summed E-state index contributed by atoms with van der Waals surface area (Å²) in [6.45, 7) is 4.57. The highest BCUT2D eigenvalue weighted by Crippen LogP contribution is 2.17. The van der Waals surface area contributed by atoms with Gasteiger partial charge in [0.25, 0.3) is 0 Å². The van der Waals surface area contributed by atoms with Gasteiger partial charge in [0, 0.05) is 38.1 Å². The summed E-state index contributed by atoms with van der Waals surface area (Å²) in [5.41, 5.74) is 2.80. The molecule has 2 aromatic rings. The first-order valence-electron chi connectivity index (χ1n) is 8.67. The number of hydrogen-bond acceptors (Lipinski definition) is 3. The van der Waals surface area contributed by atoms with Gasteiger partial charge < -0.3 is 4.90 Å². The molecule has 2 heterocycles. The Hall–Kier alpha value is -1.71. The van der Waals surface area contributed by atoms with Gasteiger partial charge in [0.1, 0.15) is 0 Å². The lowest BCUT2D eigenvalue weighted by atomic mass is 10.0. The van der Waals surface area contributed by atoms with E-state index in [0.29, 0.717) is 6.04 Å². The van der Waals surface area contributed by atoms with E-state index in [1.165, 1.54) is 37.1 Å². The van der Waals surface area contributed by atoms with Crippen molar-refractivity contribution in [2.45, 2.75) is 31.8 Å². The number of pyridine rings is 1. The Morgan fingerprint density at radius 3 is 2.65 bits per heavy atom. The van der Waals surface area contributed by atoms with Crippen LogP contribution in [0.3, 0.4) is 0 Å². The first-order chi connectivity index (χ1) is 11.3. The molecule has 1 aliphatic heterocycles. The third-order valence-corrected chi connectivity index (χ3v) is 4.86. The lowest BCUT2D eigenvalue weighted by Gasteiger charge is -2.37. The second-order valence-corrected chi connectivity index (χ2v) is 6.60. The molecule has 0 bridgehead atoms. The minimum atomic E-state index is 0.675. The van der Waals surface area contributed by atoms with Crippen molar-refractivity contribution in [3.8, 4) is 0 Å². The molecule has 0 aliphatic carbocycles. The molecule has 3 rings (SSSR count). The van der Waals surface area contributed by atoms with Crippen LogP contribution >= 0.6 is 0 Å². The van der Waals surface area contributed by atoms with Gasteiger partial charge in [0.15, 0.2) is 0 Å². The van der Waals surface area contributed by atoms with Gasteiger partial charge in [0.05, 0.1) is 0 Å². The third-order valence-electron chi connectivity index (χ3n) is 4.86. The molecular formula is C20H27N3. The van der Waals surface area contributed by atoms with Gasteiger partial charge in [-0.15, -0.1) is 0 Å². The number of likely N-dealkylation sites (N-methyl/N-ethyl adjacent to an activating group) is 1. The van der Waals surface area contributed by atoms with E-state index >= 15 is 0 Å². The van der Waals surface area contributed by atoms with Crippen molar-refractivity contribution >= 4 is 0 Å². The van der Waals surface area contributed by atoms with E-state index in [0.717, 1.165) is 19.5 Å². The Morgan fingerprint density at radius 2 is 1.87 bits per heavy atom. The Balaban J connectivity index is 1.49. The number of aromatic nitrogens is 1. The summed E-state index contributed by atoms with van der Waals surface area (Å²) in [7, 11) is 2.28. The number of benzene rings is 1. The molecule has 0 saturated carbocycles. The van der Waals surface area contributed by atoms with Crippen molar-refractivity contribution in [2.75, 3.05) is 26.7 Å². The van der Waals surface area contributed by atoms with Crippen molar-refractivity contribution in [1.82, 2.24) is 14.8 Å². The van der Waals surface area contributed by atoms with Crippen LogP contribution in [0.2, 0.25) is 0 Å². The summed E-state index contributed by atoms with van der Waals surface area (Å²) in [4.78, 5) is 9.24. The van der Waals surface area contributed by atoms with Crippen LogP contribution in [0, 0.1) is 0 Å². The predicted molar refractivity (Wildman–Crippen MR) is 95.3 cm³/mol. The quantitative estimate of drug-likeness (QED) is 0.817. The SMILES string of the molecule is CN(CCc1ccccc1)C1CCCN(Cc2ccncc2)C1. The smallest absolute Gasteiger partial charge is 0.0271 e. The van der Waals surface area contributed by atoms with Gasteiger partial charge in [-0.1, -0.05) is 30.3 Å². The largest absolute Gasteiger partial charge is 0.302 e. The van der Waals surface area contributed by atoms with E-state index in [1.807, 2.05) is 12.4 Å². The standard InChI is InChI=1S/C20H27N3/c1-22(15-11-18-6-3-2-4-7-18)20-8-5-14-23(17-20)16-19-9-12-21-13-10-19/h2-4,6-7,9-10,12-13,20H,5,8,11,14-17H2,1H3. The molecule has 3 heteroatoms. The molecule has 1 aromatic heterocycles. The lowest BCUT2D eigenvalue weighted by Crippen LogP contribution is -2.46. The minimum absolute atomic E-state index is 0.675. The molecule has 0 amide bonds. The van der Waals surface area contributed by atoms with Gasteiger partial charge in [-0.3, -0.25) is 9.88 Å². The van der Waals surface area contributed by atoms with Gasteiger partial charge in [-0.25, -0.2) is 0 Å². The van der Waals surface area contributed by atoms with Crippen molar-refractivity contribution in [2.24, 2.45) is 0 Å². The molecule has 0 radical (unpaired) electrons. The first kappa shape index (κ1) is 16.2. The number of hydrogen-bond donors (Lipinski definition) is 0. The van der Waals surface area contributed by atoms with E-state index in [1.54, 1.807) is 0 Å². The topological polar surface area (TPSA) is 19.4 Å². The summed E-state index contributed by atoms with van der Waals surface area (Å²) < 4.78 is 0. The molecule has 1 aliphatic rings. The van der Waals surface area contributed by atoms with E-state index in [2.05, 4.69) is 64.3 Å². The van der Waals surface area contributed by atoms with Crippen molar-refractivity contribution < 1.29 is 0 Å². The highest BCUT2D eigenvalue weighted by molar-refractivity contribution is 5.15. The maximum absolute atomic E-state index is 4.11. The fourth-order valence-corrected chi connectivity index (χ4v) is 3.41. The van der Waals surface area contributed by atoms with Gasteiger partial charge in [-0.05, 0) is 56.1 Å². The molecule has 1 fully saturated rings. The van der Waals surface area contributed by atoms with Crippen LogP contribution in [0.4, 0.5) is 0 Å². The van der Waals surface area contributed by atoms with Gasteiger partial charge in [0.2, 0.25) is 0 Å². The monoisotopic (exact) mass is 309 g/mol. The Bertz CT molecular complexity index is 570. The average molecular weight is 309 g/mol. The van der Waals surface area contributed by atoms with E-state index in [-0.39, 0.29) is 0 Å². The third kappa shape index (κ3) is 4.88. The van der Waals surface area contributed by atoms with E-state index in [4.69, 9.17) is 0 Å². The summed E-state index contributed by atoms with van der Waals surface area (Å²) in [6, 6.07) is 15.7. The summed E-state index contributed by atoms with van der Waals surface area (Å²) in [6.07, 6.45) is 7.53.